The van der Waals surface area contributed by atoms with Crippen molar-refractivity contribution in [1.29, 1.82) is 0 Å². The smallest absolute Gasteiger partial charge is 0.323 e. The third-order valence-corrected chi connectivity index (χ3v) is 5.59. The Morgan fingerprint density at radius 2 is 2.04 bits per heavy atom. The molecule has 26 heavy (non-hydrogen) atoms. The number of anilines is 1. The largest absolute Gasteiger partial charge is 0.325 e. The van der Waals surface area contributed by atoms with Gasteiger partial charge in [0, 0.05) is 0 Å². The van der Waals surface area contributed by atoms with Crippen molar-refractivity contribution >= 4 is 35.1 Å². The topological polar surface area (TPSA) is 78.5 Å². The molecule has 6 nitrogen and oxygen atoms in total. The molecule has 1 saturated carbocycles. The lowest BCUT2D eigenvalue weighted by atomic mass is 9.77. The number of hydrogen-bond acceptors (Lipinski definition) is 3. The first-order valence-corrected chi connectivity index (χ1v) is 9.03. The Hall–Kier alpha value is -2.15. The maximum absolute atomic E-state index is 13.1. The number of imide groups is 1. The zero-order valence-electron chi connectivity index (χ0n) is 14.6. The highest BCUT2D eigenvalue weighted by Gasteiger charge is 2.54. The van der Waals surface area contributed by atoms with E-state index in [0.717, 1.165) is 29.9 Å². The number of carbonyl (C=O) groups is 3. The van der Waals surface area contributed by atoms with E-state index in [2.05, 4.69) is 17.6 Å². The predicted octanol–water partition coefficient (Wildman–Crippen LogP) is 3.31. The van der Waals surface area contributed by atoms with E-state index in [-0.39, 0.29) is 16.6 Å². The van der Waals surface area contributed by atoms with Gasteiger partial charge in [-0.2, -0.15) is 0 Å². The van der Waals surface area contributed by atoms with Crippen LogP contribution in [0.15, 0.2) is 18.2 Å². The van der Waals surface area contributed by atoms with Crippen LogP contribution in [0.25, 0.3) is 0 Å². The van der Waals surface area contributed by atoms with Crippen molar-refractivity contribution in [3.05, 3.63) is 29.0 Å². The number of benzene rings is 1. The molecule has 0 unspecified atom stereocenters. The summed E-state index contributed by atoms with van der Waals surface area (Å²) >= 11 is 5.91. The molecule has 140 valence electrons. The molecule has 3 rings (SSSR count). The van der Waals surface area contributed by atoms with Crippen molar-refractivity contribution in [1.82, 2.24) is 10.2 Å². The summed E-state index contributed by atoms with van der Waals surface area (Å²) in [6.07, 6.45) is 2.86. The van der Waals surface area contributed by atoms with E-state index in [1.54, 1.807) is 0 Å². The van der Waals surface area contributed by atoms with E-state index in [9.17, 15) is 18.8 Å². The fourth-order valence-electron chi connectivity index (χ4n) is 3.53. The second kappa shape index (κ2) is 6.87. The number of nitrogens with one attached hydrogen (secondary N) is 2. The first-order valence-electron chi connectivity index (χ1n) is 8.65. The molecule has 1 aromatic rings. The van der Waals surface area contributed by atoms with Crippen LogP contribution >= 0.6 is 11.6 Å². The van der Waals surface area contributed by atoms with Crippen LogP contribution < -0.4 is 10.6 Å². The zero-order chi connectivity index (χ0) is 19.1. The summed E-state index contributed by atoms with van der Waals surface area (Å²) in [7, 11) is 0. The molecule has 0 aromatic heterocycles. The average Bonchev–Trinajstić information content (AvgIpc) is 2.82. The molecule has 1 spiro atoms. The normalized spacial score (nSPS) is 26.8. The van der Waals surface area contributed by atoms with Crippen LogP contribution in [0.2, 0.25) is 5.02 Å². The summed E-state index contributed by atoms with van der Waals surface area (Å²) in [5.74, 6) is -0.935. The first kappa shape index (κ1) is 18.6. The molecule has 2 aliphatic rings. The number of rotatable bonds is 3. The Labute approximate surface area is 156 Å². The predicted molar refractivity (Wildman–Crippen MR) is 95.2 cm³/mol. The maximum Gasteiger partial charge on any atom is 0.325 e. The van der Waals surface area contributed by atoms with Gasteiger partial charge in [-0.15, -0.1) is 0 Å². The van der Waals surface area contributed by atoms with Crippen molar-refractivity contribution in [2.24, 2.45) is 5.92 Å². The van der Waals surface area contributed by atoms with Gasteiger partial charge < -0.3 is 10.6 Å². The van der Waals surface area contributed by atoms with Gasteiger partial charge in [-0.25, -0.2) is 14.1 Å². The lowest BCUT2D eigenvalue weighted by molar-refractivity contribution is -0.137. The Kier molecular flexibility index (Phi) is 4.92. The third-order valence-electron chi connectivity index (χ3n) is 5.28. The Bertz CT molecular complexity index is 762. The quantitative estimate of drug-likeness (QED) is 0.788. The van der Waals surface area contributed by atoms with Gasteiger partial charge in [0.2, 0.25) is 5.91 Å². The van der Waals surface area contributed by atoms with Crippen LogP contribution in [0.3, 0.4) is 0 Å². The maximum atomic E-state index is 13.1. The lowest BCUT2D eigenvalue weighted by Gasteiger charge is -2.34. The van der Waals surface area contributed by atoms with E-state index in [4.69, 9.17) is 11.6 Å². The van der Waals surface area contributed by atoms with Crippen LogP contribution in [0, 0.1) is 11.7 Å². The minimum absolute atomic E-state index is 0.0421. The van der Waals surface area contributed by atoms with Crippen molar-refractivity contribution < 1.29 is 18.8 Å². The molecule has 8 heteroatoms. The molecule has 1 atom stereocenters. The summed E-state index contributed by atoms with van der Waals surface area (Å²) in [4.78, 5) is 38.8. The van der Waals surface area contributed by atoms with E-state index < -0.39 is 29.3 Å². The molecule has 1 saturated heterocycles. The monoisotopic (exact) mass is 381 g/mol. The number of halogens is 2. The van der Waals surface area contributed by atoms with Crippen molar-refractivity contribution in [3.8, 4) is 0 Å². The number of carbonyl (C=O) groups excluding carboxylic acids is 3. The second-order valence-corrected chi connectivity index (χ2v) is 7.57. The van der Waals surface area contributed by atoms with Crippen molar-refractivity contribution in [2.45, 2.75) is 51.1 Å². The molecule has 1 aromatic carbocycles. The molecule has 0 bridgehead atoms. The number of nitrogens with zero attached hydrogens (tertiary/aromatic N) is 1. The van der Waals surface area contributed by atoms with E-state index >= 15 is 0 Å². The molecule has 2 N–H and O–H groups in total. The van der Waals surface area contributed by atoms with E-state index in [0.29, 0.717) is 18.8 Å². The minimum Gasteiger partial charge on any atom is -0.323 e. The van der Waals surface area contributed by atoms with Crippen LogP contribution in [-0.2, 0) is 9.59 Å². The van der Waals surface area contributed by atoms with Gasteiger partial charge in [0.05, 0.1) is 10.7 Å². The molecular formula is C18H21ClFN3O3. The van der Waals surface area contributed by atoms with Crippen LogP contribution in [-0.4, -0.2) is 34.3 Å². The third kappa shape index (κ3) is 3.28. The first-order chi connectivity index (χ1) is 12.2. The van der Waals surface area contributed by atoms with Gasteiger partial charge in [0.1, 0.15) is 17.4 Å². The molecule has 1 aliphatic carbocycles. The van der Waals surface area contributed by atoms with Gasteiger partial charge >= 0.3 is 6.03 Å². The summed E-state index contributed by atoms with van der Waals surface area (Å²) in [6.45, 7) is 3.60. The Morgan fingerprint density at radius 1 is 1.38 bits per heavy atom. The van der Waals surface area contributed by atoms with Gasteiger partial charge in [-0.3, -0.25) is 9.59 Å². The SMILES string of the molecule is CC1CCC2(CC1)NC(=O)N([C@@H](C)C(=O)Nc1ccc(F)cc1Cl)C2=O. The van der Waals surface area contributed by atoms with Gasteiger partial charge in [-0.05, 0) is 56.7 Å². The van der Waals surface area contributed by atoms with Gasteiger partial charge in [0.25, 0.3) is 5.91 Å². The van der Waals surface area contributed by atoms with Crippen LogP contribution in [0.1, 0.15) is 39.5 Å². The van der Waals surface area contributed by atoms with E-state index in [1.807, 2.05) is 0 Å². The van der Waals surface area contributed by atoms with Gasteiger partial charge in [0.15, 0.2) is 0 Å². The molecule has 0 radical (unpaired) electrons. The molecular weight excluding hydrogens is 361 g/mol. The Balaban J connectivity index is 1.74. The highest BCUT2D eigenvalue weighted by molar-refractivity contribution is 6.33. The van der Waals surface area contributed by atoms with E-state index in [1.165, 1.54) is 13.0 Å². The fourth-order valence-corrected chi connectivity index (χ4v) is 3.75. The van der Waals surface area contributed by atoms with Crippen molar-refractivity contribution in [3.63, 3.8) is 0 Å². The standard InChI is InChI=1S/C18H21ClFN3O3/c1-10-5-7-18(8-6-10)16(25)23(17(26)22-18)11(2)15(24)21-14-4-3-12(20)9-13(14)19/h3-4,9-11H,5-8H2,1-2H3,(H,21,24)(H,22,26)/t10?,11-,18?/m0/s1. The van der Waals surface area contributed by atoms with Gasteiger partial charge in [-0.1, -0.05) is 18.5 Å². The molecule has 2 fully saturated rings. The van der Waals surface area contributed by atoms with Crippen LogP contribution in [0.5, 0.6) is 0 Å². The fraction of sp³-hybridized carbons (Fsp3) is 0.500. The lowest BCUT2D eigenvalue weighted by Crippen LogP contribution is -2.51. The molecule has 1 heterocycles. The summed E-state index contributed by atoms with van der Waals surface area (Å²) in [5, 5.41) is 5.37. The minimum atomic E-state index is -1.01. The number of amides is 4. The number of hydrogen-bond donors (Lipinski definition) is 2. The summed E-state index contributed by atoms with van der Waals surface area (Å²) in [5.41, 5.74) is -0.677. The summed E-state index contributed by atoms with van der Waals surface area (Å²) in [6, 6.07) is 2.00. The average molecular weight is 382 g/mol. The van der Waals surface area contributed by atoms with Crippen LogP contribution in [0.4, 0.5) is 14.9 Å². The molecule has 1 aliphatic heterocycles. The summed E-state index contributed by atoms with van der Waals surface area (Å²) < 4.78 is 13.1. The highest BCUT2D eigenvalue weighted by Crippen LogP contribution is 2.37. The zero-order valence-corrected chi connectivity index (χ0v) is 15.4. The number of urea groups is 1. The Morgan fingerprint density at radius 3 is 2.65 bits per heavy atom. The second-order valence-electron chi connectivity index (χ2n) is 7.16. The highest BCUT2D eigenvalue weighted by atomic mass is 35.5. The molecule has 4 amide bonds. The van der Waals surface area contributed by atoms with Crippen molar-refractivity contribution in [2.75, 3.05) is 5.32 Å².